The Balaban J connectivity index is 0.00000324. The van der Waals surface area contributed by atoms with Crippen molar-refractivity contribution < 1.29 is 14.4 Å². The number of carbonyl (C=O) groups excluding carboxylic acids is 3. The van der Waals surface area contributed by atoms with E-state index >= 15 is 0 Å². The average molecular weight is 286 g/mol. The van der Waals surface area contributed by atoms with Gasteiger partial charge in [0.15, 0.2) is 5.78 Å². The minimum atomic E-state index is -0.997. The summed E-state index contributed by atoms with van der Waals surface area (Å²) in [6.07, 6.45) is -0.224. The van der Waals surface area contributed by atoms with E-state index in [2.05, 4.69) is 5.32 Å². The quantitative estimate of drug-likeness (QED) is 0.681. The minimum absolute atomic E-state index is 0. The van der Waals surface area contributed by atoms with Crippen LogP contribution in [0, 0.1) is 0 Å². The second-order valence-corrected chi connectivity index (χ2v) is 3.90. The highest BCUT2D eigenvalue weighted by Gasteiger charge is 2.16. The zero-order valence-corrected chi connectivity index (χ0v) is 11.2. The van der Waals surface area contributed by atoms with Crippen molar-refractivity contribution in [3.05, 3.63) is 29.8 Å². The van der Waals surface area contributed by atoms with Crippen molar-refractivity contribution in [2.45, 2.75) is 19.4 Å². The third kappa shape index (κ3) is 5.50. The molecule has 0 aromatic heterocycles. The molecule has 0 fully saturated rings. The zero-order chi connectivity index (χ0) is 13.7. The molecule has 0 aliphatic rings. The van der Waals surface area contributed by atoms with Gasteiger partial charge in [0.05, 0.1) is 12.5 Å². The second-order valence-electron chi connectivity index (χ2n) is 3.90. The molecule has 1 unspecified atom stereocenters. The molecule has 0 aliphatic carbocycles. The van der Waals surface area contributed by atoms with Crippen LogP contribution in [0.5, 0.6) is 0 Å². The summed E-state index contributed by atoms with van der Waals surface area (Å²) in [6.45, 7) is 1.43. The number of anilines is 1. The van der Waals surface area contributed by atoms with Gasteiger partial charge in [0, 0.05) is 11.3 Å². The first kappa shape index (κ1) is 17.1. The summed E-state index contributed by atoms with van der Waals surface area (Å²) in [5, 5.41) is 2.52. The molecule has 1 aromatic carbocycles. The molecule has 0 saturated heterocycles. The first-order valence-electron chi connectivity index (χ1n) is 5.36. The van der Waals surface area contributed by atoms with Crippen LogP contribution in [0.1, 0.15) is 23.7 Å². The molecule has 5 N–H and O–H groups in total. The number of Topliss-reactive ketones (excluding diaryl/α,β-unsaturated/α-hetero) is 1. The number of hydrogen-bond acceptors (Lipinski definition) is 4. The Labute approximate surface area is 116 Å². The zero-order valence-electron chi connectivity index (χ0n) is 10.4. The number of rotatable bonds is 5. The van der Waals surface area contributed by atoms with E-state index in [-0.39, 0.29) is 24.6 Å². The first-order valence-corrected chi connectivity index (χ1v) is 5.36. The first-order chi connectivity index (χ1) is 8.40. The maximum atomic E-state index is 11.6. The fraction of sp³-hybridized carbons (Fsp3) is 0.250. The highest BCUT2D eigenvalue weighted by molar-refractivity contribution is 5.99. The maximum Gasteiger partial charge on any atom is 0.241 e. The standard InChI is InChI=1S/C12H15N3O3.ClH/c1-7(16)8-3-2-4-9(5-8)15-12(18)10(13)6-11(14)17;/h2-5,10H,6,13H2,1H3,(H2,14,17)(H,15,18);1H. The van der Waals surface area contributed by atoms with Gasteiger partial charge >= 0.3 is 0 Å². The smallest absolute Gasteiger partial charge is 0.241 e. The molecule has 1 aromatic rings. The van der Waals surface area contributed by atoms with E-state index in [9.17, 15) is 14.4 Å². The van der Waals surface area contributed by atoms with Crippen molar-refractivity contribution in [3.8, 4) is 0 Å². The molecule has 6 nitrogen and oxygen atoms in total. The van der Waals surface area contributed by atoms with Crippen LogP contribution in [-0.2, 0) is 9.59 Å². The largest absolute Gasteiger partial charge is 0.370 e. The highest BCUT2D eigenvalue weighted by atomic mass is 35.5. The molecule has 7 heteroatoms. The van der Waals surface area contributed by atoms with E-state index in [1.54, 1.807) is 18.2 Å². The number of primary amides is 1. The molecule has 0 saturated carbocycles. The molecule has 0 spiro atoms. The van der Waals surface area contributed by atoms with Crippen LogP contribution in [0.4, 0.5) is 5.69 Å². The summed E-state index contributed by atoms with van der Waals surface area (Å²) >= 11 is 0. The maximum absolute atomic E-state index is 11.6. The Kier molecular flexibility index (Phi) is 6.74. The number of carbonyl (C=O) groups is 3. The number of ketones is 1. The number of benzene rings is 1. The predicted octanol–water partition coefficient (Wildman–Crippen LogP) is 0.452. The van der Waals surface area contributed by atoms with Crippen molar-refractivity contribution in [1.29, 1.82) is 0 Å². The lowest BCUT2D eigenvalue weighted by molar-refractivity contribution is -0.123. The molecule has 19 heavy (non-hydrogen) atoms. The SMILES string of the molecule is CC(=O)c1cccc(NC(=O)C(N)CC(N)=O)c1.Cl. The van der Waals surface area contributed by atoms with Gasteiger partial charge in [-0.05, 0) is 19.1 Å². The lowest BCUT2D eigenvalue weighted by Crippen LogP contribution is -2.39. The minimum Gasteiger partial charge on any atom is -0.370 e. The van der Waals surface area contributed by atoms with Gasteiger partial charge in [-0.2, -0.15) is 0 Å². The lowest BCUT2D eigenvalue weighted by atomic mass is 10.1. The van der Waals surface area contributed by atoms with E-state index in [0.717, 1.165) is 0 Å². The van der Waals surface area contributed by atoms with Gasteiger partial charge in [-0.3, -0.25) is 14.4 Å². The summed E-state index contributed by atoms with van der Waals surface area (Å²) < 4.78 is 0. The van der Waals surface area contributed by atoms with Gasteiger partial charge in [0.1, 0.15) is 0 Å². The second kappa shape index (κ2) is 7.50. The van der Waals surface area contributed by atoms with Crippen LogP contribution in [0.3, 0.4) is 0 Å². The molecule has 1 rings (SSSR count). The van der Waals surface area contributed by atoms with Gasteiger partial charge in [-0.1, -0.05) is 12.1 Å². The summed E-state index contributed by atoms with van der Waals surface area (Å²) in [5.74, 6) is -1.27. The van der Waals surface area contributed by atoms with E-state index in [0.29, 0.717) is 11.3 Å². The molecule has 0 bridgehead atoms. The number of nitrogens with two attached hydrogens (primary N) is 2. The molecule has 2 amide bonds. The van der Waals surface area contributed by atoms with Crippen LogP contribution < -0.4 is 16.8 Å². The van der Waals surface area contributed by atoms with Crippen LogP contribution in [0.2, 0.25) is 0 Å². The Morgan fingerprint density at radius 3 is 2.47 bits per heavy atom. The Hall–Kier alpha value is -1.92. The van der Waals surface area contributed by atoms with Crippen LogP contribution in [-0.4, -0.2) is 23.6 Å². The topological polar surface area (TPSA) is 115 Å². The Bertz CT molecular complexity index is 491. The molecular formula is C12H16ClN3O3. The number of amides is 2. The van der Waals surface area contributed by atoms with Crippen LogP contribution >= 0.6 is 12.4 Å². The molecule has 0 aliphatic heterocycles. The number of nitrogens with one attached hydrogen (secondary N) is 1. The highest BCUT2D eigenvalue weighted by Crippen LogP contribution is 2.11. The average Bonchev–Trinajstić information content (AvgIpc) is 2.28. The van der Waals surface area contributed by atoms with Gasteiger partial charge in [-0.25, -0.2) is 0 Å². The van der Waals surface area contributed by atoms with Gasteiger partial charge in [0.25, 0.3) is 0 Å². The number of hydrogen-bond donors (Lipinski definition) is 3. The predicted molar refractivity (Wildman–Crippen MR) is 74.1 cm³/mol. The van der Waals surface area contributed by atoms with Crippen molar-refractivity contribution in [3.63, 3.8) is 0 Å². The molecular weight excluding hydrogens is 270 g/mol. The summed E-state index contributed by atoms with van der Waals surface area (Å²) in [7, 11) is 0. The van der Waals surface area contributed by atoms with Crippen molar-refractivity contribution in [2.75, 3.05) is 5.32 Å². The van der Waals surface area contributed by atoms with E-state index < -0.39 is 17.9 Å². The Morgan fingerprint density at radius 2 is 1.95 bits per heavy atom. The van der Waals surface area contributed by atoms with Gasteiger partial charge in [0.2, 0.25) is 11.8 Å². The summed E-state index contributed by atoms with van der Waals surface area (Å²) in [5.41, 5.74) is 11.4. The van der Waals surface area contributed by atoms with Crippen LogP contribution in [0.25, 0.3) is 0 Å². The van der Waals surface area contributed by atoms with Gasteiger partial charge < -0.3 is 16.8 Å². The van der Waals surface area contributed by atoms with E-state index in [1.165, 1.54) is 13.0 Å². The molecule has 0 radical (unpaired) electrons. The molecule has 1 atom stereocenters. The third-order valence-corrected chi connectivity index (χ3v) is 2.29. The lowest BCUT2D eigenvalue weighted by Gasteiger charge is -2.11. The van der Waals surface area contributed by atoms with Crippen molar-refractivity contribution >= 4 is 35.7 Å². The fourth-order valence-corrected chi connectivity index (χ4v) is 1.36. The monoisotopic (exact) mass is 285 g/mol. The van der Waals surface area contributed by atoms with Crippen molar-refractivity contribution in [1.82, 2.24) is 0 Å². The van der Waals surface area contributed by atoms with E-state index in [1.807, 2.05) is 0 Å². The normalized spacial score (nSPS) is 11.1. The summed E-state index contributed by atoms with van der Waals surface area (Å²) in [4.78, 5) is 33.4. The van der Waals surface area contributed by atoms with Crippen molar-refractivity contribution in [2.24, 2.45) is 11.5 Å². The fourth-order valence-electron chi connectivity index (χ4n) is 1.36. The summed E-state index contributed by atoms with van der Waals surface area (Å²) in [6, 6.07) is 5.45. The van der Waals surface area contributed by atoms with Crippen LogP contribution in [0.15, 0.2) is 24.3 Å². The number of halogens is 1. The van der Waals surface area contributed by atoms with Gasteiger partial charge in [-0.15, -0.1) is 12.4 Å². The van der Waals surface area contributed by atoms with E-state index in [4.69, 9.17) is 11.5 Å². The Morgan fingerprint density at radius 1 is 1.32 bits per heavy atom. The molecule has 104 valence electrons. The molecule has 0 heterocycles. The third-order valence-electron chi connectivity index (χ3n) is 2.29.